The summed E-state index contributed by atoms with van der Waals surface area (Å²) in [6.45, 7) is 5.94. The highest BCUT2D eigenvalue weighted by molar-refractivity contribution is 5.89. The third-order valence-corrected chi connectivity index (χ3v) is 5.04. The number of benzene rings is 1. The van der Waals surface area contributed by atoms with Crippen molar-refractivity contribution >= 4 is 24.2 Å². The fraction of sp³-hybridized carbons (Fsp3) is 0.579. The van der Waals surface area contributed by atoms with Crippen LogP contribution in [0.15, 0.2) is 24.3 Å². The molecule has 2 N–H and O–H groups in total. The van der Waals surface area contributed by atoms with Crippen molar-refractivity contribution in [3.63, 3.8) is 0 Å². The standard InChI is InChI=1S/C19H27N3O2.ClH/c1-14-4-6-15(7-5-14)12-22-13-17(9-18(22)23)19(24)21-11-16-3-2-8-20-10-16;/h4-7,16-17,20H,2-3,8-13H2,1H3,(H,21,24);1H. The molecular formula is C19H28ClN3O2. The summed E-state index contributed by atoms with van der Waals surface area (Å²) in [6, 6.07) is 8.20. The molecule has 3 rings (SSSR count). The van der Waals surface area contributed by atoms with Crippen LogP contribution in [0.1, 0.15) is 30.4 Å². The molecule has 2 unspecified atom stereocenters. The number of likely N-dealkylation sites (tertiary alicyclic amines) is 1. The normalized spacial score (nSPS) is 23.2. The fourth-order valence-electron chi connectivity index (χ4n) is 3.50. The van der Waals surface area contributed by atoms with Crippen LogP contribution in [-0.2, 0) is 16.1 Å². The maximum Gasteiger partial charge on any atom is 0.225 e. The Morgan fingerprint density at radius 3 is 2.76 bits per heavy atom. The Bertz CT molecular complexity index is 585. The van der Waals surface area contributed by atoms with E-state index in [1.54, 1.807) is 4.90 Å². The van der Waals surface area contributed by atoms with Crippen molar-refractivity contribution in [3.8, 4) is 0 Å². The van der Waals surface area contributed by atoms with Crippen molar-refractivity contribution in [1.82, 2.24) is 15.5 Å². The maximum absolute atomic E-state index is 12.4. The van der Waals surface area contributed by atoms with E-state index in [0.717, 1.165) is 25.1 Å². The van der Waals surface area contributed by atoms with E-state index in [1.807, 2.05) is 19.1 Å². The largest absolute Gasteiger partial charge is 0.355 e. The second-order valence-electron chi connectivity index (χ2n) is 7.12. The van der Waals surface area contributed by atoms with Gasteiger partial charge in [-0.25, -0.2) is 0 Å². The number of nitrogens with one attached hydrogen (secondary N) is 2. The van der Waals surface area contributed by atoms with E-state index in [0.29, 0.717) is 32.0 Å². The lowest BCUT2D eigenvalue weighted by Gasteiger charge is -2.23. The van der Waals surface area contributed by atoms with Gasteiger partial charge in [-0.1, -0.05) is 29.8 Å². The monoisotopic (exact) mass is 365 g/mol. The smallest absolute Gasteiger partial charge is 0.225 e. The number of carbonyl (C=O) groups is 2. The molecular weight excluding hydrogens is 338 g/mol. The average molecular weight is 366 g/mol. The molecule has 2 atom stereocenters. The zero-order valence-electron chi connectivity index (χ0n) is 14.8. The number of rotatable bonds is 5. The molecule has 1 aromatic carbocycles. The van der Waals surface area contributed by atoms with Crippen LogP contribution in [0.5, 0.6) is 0 Å². The minimum absolute atomic E-state index is 0. The number of carbonyl (C=O) groups excluding carboxylic acids is 2. The van der Waals surface area contributed by atoms with Gasteiger partial charge in [0.2, 0.25) is 11.8 Å². The highest BCUT2D eigenvalue weighted by Gasteiger charge is 2.34. The third kappa shape index (κ3) is 5.44. The highest BCUT2D eigenvalue weighted by atomic mass is 35.5. The van der Waals surface area contributed by atoms with Crippen LogP contribution >= 0.6 is 12.4 Å². The Labute approximate surface area is 155 Å². The third-order valence-electron chi connectivity index (χ3n) is 5.04. The molecule has 2 aliphatic rings. The van der Waals surface area contributed by atoms with Crippen LogP contribution in [0.2, 0.25) is 0 Å². The first-order valence-electron chi connectivity index (χ1n) is 8.93. The Kier molecular flexibility index (Phi) is 7.26. The lowest BCUT2D eigenvalue weighted by Crippen LogP contribution is -2.40. The number of hydrogen-bond donors (Lipinski definition) is 2. The maximum atomic E-state index is 12.4. The summed E-state index contributed by atoms with van der Waals surface area (Å²) in [6.07, 6.45) is 2.67. The van der Waals surface area contributed by atoms with Crippen molar-refractivity contribution in [2.24, 2.45) is 11.8 Å². The van der Waals surface area contributed by atoms with Crippen LogP contribution in [0.3, 0.4) is 0 Å². The number of halogens is 1. The van der Waals surface area contributed by atoms with E-state index in [2.05, 4.69) is 22.8 Å². The van der Waals surface area contributed by atoms with Crippen molar-refractivity contribution in [2.75, 3.05) is 26.2 Å². The van der Waals surface area contributed by atoms with Gasteiger partial charge in [-0.2, -0.15) is 0 Å². The molecule has 1 aromatic rings. The molecule has 2 heterocycles. The lowest BCUT2D eigenvalue weighted by molar-refractivity contribution is -0.129. The van der Waals surface area contributed by atoms with Gasteiger partial charge in [-0.3, -0.25) is 9.59 Å². The Morgan fingerprint density at radius 1 is 1.32 bits per heavy atom. The number of nitrogens with zero attached hydrogens (tertiary/aromatic N) is 1. The van der Waals surface area contributed by atoms with E-state index in [-0.39, 0.29) is 30.1 Å². The van der Waals surface area contributed by atoms with Gasteiger partial charge in [-0.05, 0) is 44.3 Å². The summed E-state index contributed by atoms with van der Waals surface area (Å²) in [4.78, 5) is 26.4. The first-order valence-corrected chi connectivity index (χ1v) is 8.93. The molecule has 2 saturated heterocycles. The molecule has 0 aromatic heterocycles. The molecule has 2 aliphatic heterocycles. The molecule has 0 spiro atoms. The topological polar surface area (TPSA) is 61.4 Å². The summed E-state index contributed by atoms with van der Waals surface area (Å²) >= 11 is 0. The van der Waals surface area contributed by atoms with E-state index in [1.165, 1.54) is 12.0 Å². The van der Waals surface area contributed by atoms with Gasteiger partial charge in [0.1, 0.15) is 0 Å². The summed E-state index contributed by atoms with van der Waals surface area (Å²) in [5.74, 6) is 0.415. The average Bonchev–Trinajstić information content (AvgIpc) is 2.96. The fourth-order valence-corrected chi connectivity index (χ4v) is 3.50. The van der Waals surface area contributed by atoms with Gasteiger partial charge in [0.15, 0.2) is 0 Å². The van der Waals surface area contributed by atoms with Gasteiger partial charge in [0.25, 0.3) is 0 Å². The van der Waals surface area contributed by atoms with Crippen LogP contribution in [0.4, 0.5) is 0 Å². The molecule has 2 amide bonds. The van der Waals surface area contributed by atoms with Gasteiger partial charge >= 0.3 is 0 Å². The molecule has 138 valence electrons. The number of amides is 2. The molecule has 0 aliphatic carbocycles. The van der Waals surface area contributed by atoms with Crippen LogP contribution in [-0.4, -0.2) is 42.9 Å². The number of hydrogen-bond acceptors (Lipinski definition) is 3. The lowest BCUT2D eigenvalue weighted by atomic mass is 9.99. The molecule has 25 heavy (non-hydrogen) atoms. The number of piperidine rings is 1. The highest BCUT2D eigenvalue weighted by Crippen LogP contribution is 2.21. The van der Waals surface area contributed by atoms with Gasteiger partial charge in [-0.15, -0.1) is 12.4 Å². The summed E-state index contributed by atoms with van der Waals surface area (Å²) < 4.78 is 0. The van der Waals surface area contributed by atoms with Gasteiger partial charge in [0.05, 0.1) is 5.92 Å². The van der Waals surface area contributed by atoms with E-state index < -0.39 is 0 Å². The summed E-state index contributed by atoms with van der Waals surface area (Å²) in [5, 5.41) is 6.41. The van der Waals surface area contributed by atoms with Crippen LogP contribution in [0, 0.1) is 18.8 Å². The molecule has 0 radical (unpaired) electrons. The van der Waals surface area contributed by atoms with Crippen molar-refractivity contribution in [1.29, 1.82) is 0 Å². The molecule has 0 bridgehead atoms. The second-order valence-corrected chi connectivity index (χ2v) is 7.12. The SMILES string of the molecule is Cc1ccc(CN2CC(C(=O)NCC3CCCNC3)CC2=O)cc1.Cl. The first-order chi connectivity index (χ1) is 11.6. The zero-order valence-corrected chi connectivity index (χ0v) is 15.6. The predicted molar refractivity (Wildman–Crippen MR) is 101 cm³/mol. The molecule has 6 heteroatoms. The quantitative estimate of drug-likeness (QED) is 0.837. The van der Waals surface area contributed by atoms with E-state index in [9.17, 15) is 9.59 Å². The van der Waals surface area contributed by atoms with Gasteiger partial charge < -0.3 is 15.5 Å². The summed E-state index contributed by atoms with van der Waals surface area (Å²) in [7, 11) is 0. The Morgan fingerprint density at radius 2 is 2.08 bits per heavy atom. The number of aryl methyl sites for hydroxylation is 1. The minimum atomic E-state index is -0.209. The first kappa shape index (κ1) is 19.7. The van der Waals surface area contributed by atoms with Crippen LogP contribution in [0.25, 0.3) is 0 Å². The second kappa shape index (κ2) is 9.20. The van der Waals surface area contributed by atoms with E-state index >= 15 is 0 Å². The van der Waals surface area contributed by atoms with Gasteiger partial charge in [0, 0.05) is 26.1 Å². The predicted octanol–water partition coefficient (Wildman–Crippen LogP) is 1.88. The van der Waals surface area contributed by atoms with Crippen molar-refractivity contribution in [3.05, 3.63) is 35.4 Å². The Balaban J connectivity index is 0.00000225. The van der Waals surface area contributed by atoms with Crippen molar-refractivity contribution < 1.29 is 9.59 Å². The van der Waals surface area contributed by atoms with E-state index in [4.69, 9.17) is 0 Å². The zero-order chi connectivity index (χ0) is 16.9. The Hall–Kier alpha value is -1.59. The summed E-state index contributed by atoms with van der Waals surface area (Å²) in [5.41, 5.74) is 2.32. The molecule has 2 fully saturated rings. The molecule has 5 nitrogen and oxygen atoms in total. The molecule has 0 saturated carbocycles. The van der Waals surface area contributed by atoms with Crippen molar-refractivity contribution in [2.45, 2.75) is 32.7 Å². The minimum Gasteiger partial charge on any atom is -0.355 e. The van der Waals surface area contributed by atoms with Crippen LogP contribution < -0.4 is 10.6 Å².